The van der Waals surface area contributed by atoms with Crippen LogP contribution in [0.4, 0.5) is 11.8 Å². The fraction of sp³-hybridized carbons (Fsp3) is 0.630. The first kappa shape index (κ1) is 25.4. The number of anilines is 2. The molecule has 1 N–H and O–H groups in total. The van der Waals surface area contributed by atoms with E-state index >= 15 is 0 Å². The van der Waals surface area contributed by atoms with Gasteiger partial charge in [0.15, 0.2) is 0 Å². The Morgan fingerprint density at radius 1 is 0.917 bits per heavy atom. The van der Waals surface area contributed by atoms with E-state index in [1.54, 1.807) is 16.4 Å². The van der Waals surface area contributed by atoms with Gasteiger partial charge in [0.2, 0.25) is 16.0 Å². The third kappa shape index (κ3) is 6.01. The number of hydrogen-bond donors (Lipinski definition) is 1. The molecule has 0 spiro atoms. The lowest BCUT2D eigenvalue weighted by atomic mass is 9.99. The molecule has 5 rings (SSSR count). The van der Waals surface area contributed by atoms with Crippen molar-refractivity contribution in [2.45, 2.75) is 75.3 Å². The molecule has 4 heterocycles. The van der Waals surface area contributed by atoms with Crippen molar-refractivity contribution in [2.24, 2.45) is 0 Å². The minimum absolute atomic E-state index is 0.312. The maximum Gasteiger partial charge on any atom is 0.243 e. The first-order valence-corrected chi connectivity index (χ1v) is 15.1. The van der Waals surface area contributed by atoms with Crippen LogP contribution in [0.5, 0.6) is 0 Å². The highest BCUT2D eigenvalue weighted by Gasteiger charge is 2.33. The quantitative estimate of drug-likeness (QED) is 0.629. The number of rotatable bonds is 6. The molecule has 2 aromatic rings. The van der Waals surface area contributed by atoms with E-state index < -0.39 is 10.0 Å². The average molecular weight is 513 g/mol. The van der Waals surface area contributed by atoms with Crippen molar-refractivity contribution in [1.29, 1.82) is 0 Å². The predicted molar refractivity (Wildman–Crippen MR) is 144 cm³/mol. The summed E-state index contributed by atoms with van der Waals surface area (Å²) in [5, 5.41) is 3.61. The molecule has 8 nitrogen and oxygen atoms in total. The predicted octanol–water partition coefficient (Wildman–Crippen LogP) is 3.90. The lowest BCUT2D eigenvalue weighted by Gasteiger charge is -2.42. The number of aryl methyl sites for hydroxylation is 1. The Balaban J connectivity index is 1.16. The van der Waals surface area contributed by atoms with Crippen LogP contribution in [0.2, 0.25) is 0 Å². The first-order valence-electron chi connectivity index (χ1n) is 13.6. The van der Waals surface area contributed by atoms with E-state index in [1.165, 1.54) is 25.7 Å². The number of piperidine rings is 2. The highest BCUT2D eigenvalue weighted by molar-refractivity contribution is 7.89. The summed E-state index contributed by atoms with van der Waals surface area (Å²) in [6, 6.07) is 9.99. The zero-order valence-electron chi connectivity index (χ0n) is 21.5. The summed E-state index contributed by atoms with van der Waals surface area (Å²) < 4.78 is 27.9. The lowest BCUT2D eigenvalue weighted by molar-refractivity contribution is 0.112. The van der Waals surface area contributed by atoms with Gasteiger partial charge in [-0.2, -0.15) is 9.29 Å². The van der Waals surface area contributed by atoms with Gasteiger partial charge in [0, 0.05) is 51.0 Å². The Hall–Kier alpha value is -2.23. The number of likely N-dealkylation sites (tertiary alicyclic amines) is 1. The molecule has 196 valence electrons. The molecule has 3 fully saturated rings. The molecule has 0 aliphatic carbocycles. The summed E-state index contributed by atoms with van der Waals surface area (Å²) in [6.45, 7) is 7.27. The van der Waals surface area contributed by atoms with Crippen LogP contribution in [0.3, 0.4) is 0 Å². The fourth-order valence-electron chi connectivity index (χ4n) is 5.91. The fourth-order valence-corrected chi connectivity index (χ4v) is 7.48. The lowest BCUT2D eigenvalue weighted by Crippen LogP contribution is -2.51. The van der Waals surface area contributed by atoms with Gasteiger partial charge in [-0.1, -0.05) is 25.0 Å². The molecule has 3 aliphatic heterocycles. The summed E-state index contributed by atoms with van der Waals surface area (Å²) in [5.41, 5.74) is 0.971. The smallest absolute Gasteiger partial charge is 0.243 e. The number of hydrogen-bond acceptors (Lipinski definition) is 7. The van der Waals surface area contributed by atoms with Gasteiger partial charge >= 0.3 is 0 Å². The standard InChI is InChI=1S/C27H40N6O2S/c1-22-8-6-10-25(20-22)36(34,35)33-18-12-24(13-19-33)32-17-7-9-23(21-32)29-27-28-14-11-26(30-27)31-15-4-2-3-5-16-31/h6,8,10-11,14,20,23-24H,2-5,7,9,12-13,15-19,21H2,1H3,(H,28,29,30). The summed E-state index contributed by atoms with van der Waals surface area (Å²) in [4.78, 5) is 14.7. The zero-order valence-corrected chi connectivity index (χ0v) is 22.3. The maximum absolute atomic E-state index is 13.1. The van der Waals surface area contributed by atoms with Gasteiger partial charge in [0.05, 0.1) is 4.90 Å². The molecule has 0 saturated carbocycles. The topological polar surface area (TPSA) is 81.7 Å². The van der Waals surface area contributed by atoms with Crippen LogP contribution in [0.15, 0.2) is 41.4 Å². The largest absolute Gasteiger partial charge is 0.356 e. The average Bonchev–Trinajstić information content (AvgIpc) is 3.19. The van der Waals surface area contributed by atoms with Crippen molar-refractivity contribution < 1.29 is 8.42 Å². The molecule has 1 aromatic heterocycles. The number of benzene rings is 1. The summed E-state index contributed by atoms with van der Waals surface area (Å²) in [5.74, 6) is 1.76. The normalized spacial score (nSPS) is 23.4. The van der Waals surface area contributed by atoms with Crippen LogP contribution in [-0.4, -0.2) is 78.9 Å². The minimum atomic E-state index is -3.42. The van der Waals surface area contributed by atoms with Gasteiger partial charge < -0.3 is 10.2 Å². The zero-order chi connectivity index (χ0) is 25.0. The molecular formula is C27H40N6O2S. The first-order chi connectivity index (χ1) is 17.5. The monoisotopic (exact) mass is 512 g/mol. The Morgan fingerprint density at radius 2 is 1.69 bits per heavy atom. The summed E-state index contributed by atoms with van der Waals surface area (Å²) >= 11 is 0. The molecule has 3 saturated heterocycles. The van der Waals surface area contributed by atoms with Crippen LogP contribution in [0, 0.1) is 6.92 Å². The van der Waals surface area contributed by atoms with Gasteiger partial charge in [-0.25, -0.2) is 13.4 Å². The van der Waals surface area contributed by atoms with Crippen molar-refractivity contribution in [1.82, 2.24) is 19.2 Å². The molecule has 9 heteroatoms. The van der Waals surface area contributed by atoms with Crippen LogP contribution >= 0.6 is 0 Å². The highest BCUT2D eigenvalue weighted by atomic mass is 32.2. The van der Waals surface area contributed by atoms with Crippen molar-refractivity contribution in [2.75, 3.05) is 49.5 Å². The van der Waals surface area contributed by atoms with Crippen LogP contribution in [0.25, 0.3) is 0 Å². The van der Waals surface area contributed by atoms with E-state index in [4.69, 9.17) is 4.98 Å². The molecule has 3 aliphatic rings. The molecule has 1 unspecified atom stereocenters. The highest BCUT2D eigenvalue weighted by Crippen LogP contribution is 2.26. The van der Waals surface area contributed by atoms with Crippen LogP contribution < -0.4 is 10.2 Å². The van der Waals surface area contributed by atoms with E-state index in [-0.39, 0.29) is 0 Å². The van der Waals surface area contributed by atoms with Crippen LogP contribution in [0.1, 0.15) is 56.9 Å². The van der Waals surface area contributed by atoms with E-state index in [0.717, 1.165) is 69.2 Å². The molecule has 0 radical (unpaired) electrons. The maximum atomic E-state index is 13.1. The molecule has 1 aromatic carbocycles. The van der Waals surface area contributed by atoms with Crippen molar-refractivity contribution in [3.63, 3.8) is 0 Å². The third-order valence-corrected chi connectivity index (χ3v) is 9.82. The van der Waals surface area contributed by atoms with E-state index in [2.05, 4.69) is 20.1 Å². The molecule has 0 bridgehead atoms. The molecule has 0 amide bonds. The van der Waals surface area contributed by atoms with E-state index in [0.29, 0.717) is 30.1 Å². The van der Waals surface area contributed by atoms with Crippen LogP contribution in [-0.2, 0) is 10.0 Å². The Morgan fingerprint density at radius 3 is 2.44 bits per heavy atom. The van der Waals surface area contributed by atoms with Gasteiger partial charge in [-0.05, 0) is 75.8 Å². The van der Waals surface area contributed by atoms with Gasteiger partial charge in [-0.3, -0.25) is 4.90 Å². The SMILES string of the molecule is Cc1cccc(S(=O)(=O)N2CCC(N3CCCC(Nc4nccc(N5CCCCCC5)n4)C3)CC2)c1. The molecule has 1 atom stereocenters. The van der Waals surface area contributed by atoms with E-state index in [1.807, 2.05) is 31.3 Å². The minimum Gasteiger partial charge on any atom is -0.356 e. The second kappa shape index (κ2) is 11.4. The number of nitrogens with zero attached hydrogens (tertiary/aromatic N) is 5. The van der Waals surface area contributed by atoms with Crippen molar-refractivity contribution in [3.05, 3.63) is 42.1 Å². The summed E-state index contributed by atoms with van der Waals surface area (Å²) in [7, 11) is -3.42. The van der Waals surface area contributed by atoms with Crippen molar-refractivity contribution >= 4 is 21.8 Å². The second-order valence-electron chi connectivity index (χ2n) is 10.6. The second-order valence-corrected chi connectivity index (χ2v) is 12.5. The van der Waals surface area contributed by atoms with E-state index in [9.17, 15) is 8.42 Å². The molecular weight excluding hydrogens is 472 g/mol. The number of nitrogens with one attached hydrogen (secondary N) is 1. The molecule has 36 heavy (non-hydrogen) atoms. The van der Waals surface area contributed by atoms with Gasteiger partial charge in [0.1, 0.15) is 5.82 Å². The third-order valence-electron chi connectivity index (χ3n) is 7.92. The Bertz CT molecular complexity index is 1110. The van der Waals surface area contributed by atoms with Gasteiger partial charge in [-0.15, -0.1) is 0 Å². The number of aromatic nitrogens is 2. The van der Waals surface area contributed by atoms with Crippen molar-refractivity contribution in [3.8, 4) is 0 Å². The van der Waals surface area contributed by atoms with Gasteiger partial charge in [0.25, 0.3) is 0 Å². The number of sulfonamides is 1. The summed E-state index contributed by atoms with van der Waals surface area (Å²) in [6.07, 6.45) is 10.9. The Labute approximate surface area is 216 Å². The Kier molecular flexibility index (Phi) is 8.08.